The number of hydrogen-bond donors (Lipinski definition) is 1. The number of hydrogen-bond acceptors (Lipinski definition) is 4. The number of nitrogens with one attached hydrogen (secondary N) is 1. The summed E-state index contributed by atoms with van der Waals surface area (Å²) in [6, 6.07) is 13.9. The van der Waals surface area contributed by atoms with Gasteiger partial charge in [0.25, 0.3) is 0 Å². The predicted molar refractivity (Wildman–Crippen MR) is 97.2 cm³/mol. The van der Waals surface area contributed by atoms with Gasteiger partial charge in [-0.3, -0.25) is 0 Å². The zero-order valence-corrected chi connectivity index (χ0v) is 14.8. The van der Waals surface area contributed by atoms with E-state index in [4.69, 9.17) is 4.74 Å². The number of carboxylic acids is 1. The molecule has 0 radical (unpaired) electrons. The lowest BCUT2D eigenvalue weighted by molar-refractivity contribution is -0.254. The minimum absolute atomic E-state index is 0.110. The Morgan fingerprint density at radius 3 is 2.77 bits per heavy atom. The van der Waals surface area contributed by atoms with Gasteiger partial charge in [-0.2, -0.15) is 0 Å². The van der Waals surface area contributed by atoms with Crippen LogP contribution in [0.25, 0.3) is 0 Å². The van der Waals surface area contributed by atoms with Gasteiger partial charge in [0.2, 0.25) is 0 Å². The Kier molecular flexibility index (Phi) is 3.49. The molecule has 0 unspecified atom stereocenters. The van der Waals surface area contributed by atoms with Crippen molar-refractivity contribution in [3.05, 3.63) is 59.2 Å². The number of ether oxygens (including phenoxy) is 1. The van der Waals surface area contributed by atoms with Gasteiger partial charge in [0.15, 0.2) is 0 Å². The average Bonchev–Trinajstić information content (AvgIpc) is 3.29. The molecule has 5 atom stereocenters. The number of benzene rings is 2. The second kappa shape index (κ2) is 5.76. The largest absolute Gasteiger partial charge is 0.545 e. The highest BCUT2D eigenvalue weighted by atomic mass is 16.5. The summed E-state index contributed by atoms with van der Waals surface area (Å²) in [6.45, 7) is 0. The van der Waals surface area contributed by atoms with Crippen LogP contribution in [0.3, 0.4) is 0 Å². The van der Waals surface area contributed by atoms with E-state index in [9.17, 15) is 9.90 Å². The molecule has 5 rings (SSSR count). The second-order valence-electron chi connectivity index (χ2n) is 7.89. The molecule has 2 saturated carbocycles. The van der Waals surface area contributed by atoms with Crippen molar-refractivity contribution in [3.63, 3.8) is 0 Å². The molecule has 0 aromatic heterocycles. The molecule has 1 heterocycles. The fourth-order valence-corrected chi connectivity index (χ4v) is 5.85. The maximum absolute atomic E-state index is 11.7. The van der Waals surface area contributed by atoms with E-state index in [1.165, 1.54) is 30.4 Å². The second-order valence-corrected chi connectivity index (χ2v) is 7.89. The van der Waals surface area contributed by atoms with Crippen molar-refractivity contribution in [2.45, 2.75) is 31.2 Å². The first-order valence-electron chi connectivity index (χ1n) is 9.42. The van der Waals surface area contributed by atoms with Crippen LogP contribution in [0, 0.1) is 17.8 Å². The number of methoxy groups -OCH3 is 1. The number of carboxylic acid groups (broad SMARTS) is 1. The van der Waals surface area contributed by atoms with Crippen molar-refractivity contribution in [1.29, 1.82) is 0 Å². The topological polar surface area (TPSA) is 61.4 Å². The van der Waals surface area contributed by atoms with E-state index in [0.717, 1.165) is 11.4 Å². The number of carbonyl (C=O) groups is 1. The van der Waals surface area contributed by atoms with Gasteiger partial charge in [-0.1, -0.05) is 30.3 Å². The molecular weight excluding hydrogens is 326 g/mol. The molecule has 0 saturated heterocycles. The summed E-state index contributed by atoms with van der Waals surface area (Å²) in [6.07, 6.45) is 3.79. The average molecular weight is 348 g/mol. The highest BCUT2D eigenvalue weighted by molar-refractivity contribution is 5.94. The van der Waals surface area contributed by atoms with E-state index in [-0.39, 0.29) is 11.6 Å². The first kappa shape index (κ1) is 15.7. The monoisotopic (exact) mass is 348 g/mol. The minimum atomic E-state index is -1.11. The summed E-state index contributed by atoms with van der Waals surface area (Å²) >= 11 is 0. The normalized spacial score (nSPS) is 31.0. The van der Waals surface area contributed by atoms with Crippen molar-refractivity contribution in [1.82, 2.24) is 0 Å². The summed E-state index contributed by atoms with van der Waals surface area (Å²) < 4.78 is 5.42. The smallest absolute Gasteiger partial charge is 0.119 e. The maximum atomic E-state index is 11.7. The van der Waals surface area contributed by atoms with Crippen molar-refractivity contribution in [3.8, 4) is 5.75 Å². The molecular formula is C22H22NO3-. The summed E-state index contributed by atoms with van der Waals surface area (Å²) in [5.74, 6) is 2.03. The van der Waals surface area contributed by atoms with Crippen LogP contribution in [0.2, 0.25) is 0 Å². The minimum Gasteiger partial charge on any atom is -0.545 e. The van der Waals surface area contributed by atoms with Crippen LogP contribution in [-0.4, -0.2) is 13.1 Å². The van der Waals surface area contributed by atoms with Gasteiger partial charge >= 0.3 is 0 Å². The molecule has 4 heteroatoms. The van der Waals surface area contributed by atoms with Crippen LogP contribution >= 0.6 is 0 Å². The third kappa shape index (κ3) is 2.17. The van der Waals surface area contributed by atoms with Crippen LogP contribution in [-0.2, 0) is 0 Å². The van der Waals surface area contributed by atoms with Crippen molar-refractivity contribution in [2.24, 2.45) is 17.8 Å². The van der Waals surface area contributed by atoms with E-state index in [0.29, 0.717) is 23.7 Å². The van der Waals surface area contributed by atoms with Gasteiger partial charge in [0, 0.05) is 11.3 Å². The van der Waals surface area contributed by atoms with Crippen LogP contribution in [0.4, 0.5) is 5.69 Å². The lowest BCUT2D eigenvalue weighted by Gasteiger charge is -2.44. The van der Waals surface area contributed by atoms with Crippen LogP contribution in [0.1, 0.15) is 52.7 Å². The van der Waals surface area contributed by atoms with Gasteiger partial charge in [0.05, 0.1) is 19.1 Å². The van der Waals surface area contributed by atoms with Gasteiger partial charge in [0.1, 0.15) is 5.75 Å². The third-order valence-electron chi connectivity index (χ3n) is 6.79. The number of fused-ring (bicyclic) bond motifs is 7. The van der Waals surface area contributed by atoms with Gasteiger partial charge in [-0.05, 0) is 66.2 Å². The zero-order chi connectivity index (χ0) is 17.8. The van der Waals surface area contributed by atoms with Gasteiger partial charge < -0.3 is 20.0 Å². The number of anilines is 1. The predicted octanol–water partition coefficient (Wildman–Crippen LogP) is 3.36. The van der Waals surface area contributed by atoms with Crippen molar-refractivity contribution >= 4 is 11.7 Å². The third-order valence-corrected chi connectivity index (χ3v) is 6.79. The zero-order valence-electron chi connectivity index (χ0n) is 14.8. The Labute approximate surface area is 153 Å². The Morgan fingerprint density at radius 2 is 1.96 bits per heavy atom. The van der Waals surface area contributed by atoms with E-state index < -0.39 is 5.97 Å². The number of rotatable bonds is 3. The lowest BCUT2D eigenvalue weighted by Crippen LogP contribution is -2.37. The fraction of sp³-hybridized carbons (Fsp3) is 0.409. The highest BCUT2D eigenvalue weighted by Crippen LogP contribution is 2.64. The Hall–Kier alpha value is -2.49. The van der Waals surface area contributed by atoms with Crippen LogP contribution in [0.5, 0.6) is 5.75 Å². The summed E-state index contributed by atoms with van der Waals surface area (Å²) in [7, 11) is 1.68. The fourth-order valence-electron chi connectivity index (χ4n) is 5.85. The molecule has 2 aliphatic carbocycles. The van der Waals surface area contributed by atoms with E-state index in [1.54, 1.807) is 13.2 Å². The Balaban J connectivity index is 1.66. The molecule has 0 spiro atoms. The quantitative estimate of drug-likeness (QED) is 0.924. The molecule has 26 heavy (non-hydrogen) atoms. The molecule has 2 bridgehead atoms. The first-order chi connectivity index (χ1) is 12.7. The first-order valence-corrected chi connectivity index (χ1v) is 9.42. The summed E-state index contributed by atoms with van der Waals surface area (Å²) in [4.78, 5) is 11.7. The Bertz CT molecular complexity index is 877. The molecule has 1 N–H and O–H groups in total. The van der Waals surface area contributed by atoms with Crippen LogP contribution < -0.4 is 15.2 Å². The van der Waals surface area contributed by atoms with Crippen molar-refractivity contribution < 1.29 is 14.6 Å². The van der Waals surface area contributed by atoms with Crippen LogP contribution in [0.15, 0.2) is 42.5 Å². The molecule has 3 aliphatic rings. The molecule has 4 nitrogen and oxygen atoms in total. The lowest BCUT2D eigenvalue weighted by atomic mass is 9.67. The molecule has 2 aromatic carbocycles. The number of carbonyl (C=O) groups excluding carboxylic acids is 1. The van der Waals surface area contributed by atoms with E-state index in [2.05, 4.69) is 23.5 Å². The molecule has 2 fully saturated rings. The number of para-hydroxylation sites is 1. The van der Waals surface area contributed by atoms with E-state index in [1.807, 2.05) is 18.2 Å². The maximum Gasteiger partial charge on any atom is 0.119 e. The van der Waals surface area contributed by atoms with Gasteiger partial charge in [-0.25, -0.2) is 0 Å². The SMILES string of the molecule is COc1cccc([C@@H]2Nc3c(C(=O)[O-])cccc3[C@H]3[C@H]4CC[C@@H](C4)[C@H]32)c1. The Morgan fingerprint density at radius 1 is 1.15 bits per heavy atom. The highest BCUT2D eigenvalue weighted by Gasteiger charge is 2.54. The number of aromatic carboxylic acids is 1. The molecule has 134 valence electrons. The summed E-state index contributed by atoms with van der Waals surface area (Å²) in [5.41, 5.74) is 3.37. The van der Waals surface area contributed by atoms with E-state index >= 15 is 0 Å². The standard InChI is InChI=1S/C22H23NO3/c1-26-15-5-2-4-14(11-15)20-19-13-9-8-12(10-13)18(19)16-6-3-7-17(22(24)25)21(16)23-20/h2-7,11-13,18-20,23H,8-10H2,1H3,(H,24,25)/p-1/t12-,13-,18+,19+,20-/m0/s1. The van der Waals surface area contributed by atoms with Gasteiger partial charge in [-0.15, -0.1) is 0 Å². The van der Waals surface area contributed by atoms with Crippen molar-refractivity contribution in [2.75, 3.05) is 12.4 Å². The summed E-state index contributed by atoms with van der Waals surface area (Å²) in [5, 5.41) is 15.3. The molecule has 0 amide bonds. The molecule has 2 aromatic rings. The molecule has 1 aliphatic heterocycles.